The Balaban J connectivity index is 0. The molecule has 0 atom stereocenters. The minimum absolute atomic E-state index is 0. The van der Waals surface area contributed by atoms with Crippen LogP contribution in [0.2, 0.25) is 0 Å². The molecule has 0 heterocycles. The normalized spacial score (nSPS) is 9.50. The van der Waals surface area contributed by atoms with Crippen LogP contribution >= 0.6 is 0 Å². The van der Waals surface area contributed by atoms with E-state index in [1.165, 1.54) is 0 Å². The molecule has 0 aromatic carbocycles. The molecule has 0 unspecified atom stereocenters. The van der Waals surface area contributed by atoms with Crippen molar-refractivity contribution in [1.29, 1.82) is 0 Å². The molecular weight excluding hydrogens is 188 g/mol. The van der Waals surface area contributed by atoms with Crippen LogP contribution in [0.1, 0.15) is 0 Å². The van der Waals surface area contributed by atoms with Crippen molar-refractivity contribution in [3.63, 3.8) is 0 Å². The van der Waals surface area contributed by atoms with Gasteiger partial charge in [-0.15, -0.1) is 0 Å². The number of rotatable bonds is 8. The average Bonchev–Trinajstić information content (AvgIpc) is 2.03. The van der Waals surface area contributed by atoms with Crippen molar-refractivity contribution in [2.24, 2.45) is 0 Å². The fraction of sp³-hybridized carbons (Fsp3) is 1.00. The molecule has 0 saturated heterocycles. The molecule has 0 aliphatic rings. The number of hydrogen-bond donors (Lipinski definition) is 1. The van der Waals surface area contributed by atoms with Crippen molar-refractivity contribution < 1.29 is 19.3 Å². The molecule has 1 N–H and O–H groups in total. The van der Waals surface area contributed by atoms with Gasteiger partial charge in [-0.3, -0.25) is 0 Å². The first kappa shape index (κ1) is 15.6. The summed E-state index contributed by atoms with van der Waals surface area (Å²) < 4.78 is 14.8. The van der Waals surface area contributed by atoms with E-state index in [-0.39, 0.29) is 44.3 Å². The van der Waals surface area contributed by atoms with Crippen LogP contribution in [-0.2, 0) is 14.2 Å². The molecule has 0 rings (SSSR count). The molecule has 0 saturated carbocycles. The van der Waals surface area contributed by atoms with E-state index in [1.807, 2.05) is 0 Å². The Bertz CT molecular complexity index is 64.4. The van der Waals surface area contributed by atoms with Crippen LogP contribution < -0.4 is 0 Å². The fourth-order valence-electron chi connectivity index (χ4n) is 0.529. The van der Waals surface area contributed by atoms with Gasteiger partial charge in [0.05, 0.1) is 39.6 Å². The van der Waals surface area contributed by atoms with Crippen molar-refractivity contribution in [2.75, 3.05) is 46.8 Å². The number of aliphatic hydroxyl groups excluding tert-OH is 1. The predicted octanol–water partition coefficient (Wildman–Crippen LogP) is -1.26. The molecule has 12 heavy (non-hydrogen) atoms. The quantitative estimate of drug-likeness (QED) is 0.398. The molecule has 0 fully saturated rings. The summed E-state index contributed by atoms with van der Waals surface area (Å²) in [6, 6.07) is 0. The molecule has 72 valence electrons. The van der Waals surface area contributed by atoms with E-state index in [0.717, 1.165) is 0 Å². The molecule has 0 aromatic rings. The van der Waals surface area contributed by atoms with Crippen molar-refractivity contribution in [3.05, 3.63) is 0 Å². The molecular formula is C7H18CaO4. The average molecular weight is 206 g/mol. The molecule has 0 aliphatic carbocycles. The van der Waals surface area contributed by atoms with Crippen LogP contribution in [0.25, 0.3) is 0 Å². The monoisotopic (exact) mass is 206 g/mol. The molecule has 4 nitrogen and oxygen atoms in total. The molecule has 0 amide bonds. The third-order valence-electron chi connectivity index (χ3n) is 1.04. The zero-order valence-corrected chi connectivity index (χ0v) is 6.91. The Morgan fingerprint density at radius 2 is 1.42 bits per heavy atom. The van der Waals surface area contributed by atoms with Gasteiger partial charge in [0.15, 0.2) is 0 Å². The van der Waals surface area contributed by atoms with Crippen LogP contribution in [0, 0.1) is 0 Å². The second kappa shape index (κ2) is 14.6. The second-order valence-corrected chi connectivity index (χ2v) is 1.94. The molecule has 0 aromatic heterocycles. The summed E-state index contributed by atoms with van der Waals surface area (Å²) in [4.78, 5) is 0. The first-order valence-corrected chi connectivity index (χ1v) is 3.67. The van der Waals surface area contributed by atoms with Gasteiger partial charge in [0.25, 0.3) is 0 Å². The maximum absolute atomic E-state index is 8.32. The fourth-order valence-corrected chi connectivity index (χ4v) is 0.529. The third kappa shape index (κ3) is 13.7. The molecule has 0 radical (unpaired) electrons. The van der Waals surface area contributed by atoms with Crippen molar-refractivity contribution >= 4 is 37.7 Å². The van der Waals surface area contributed by atoms with E-state index >= 15 is 0 Å². The summed E-state index contributed by atoms with van der Waals surface area (Å²) in [5, 5.41) is 8.32. The molecule has 5 heteroatoms. The van der Waals surface area contributed by atoms with Gasteiger partial charge >= 0.3 is 37.7 Å². The molecule has 0 spiro atoms. The van der Waals surface area contributed by atoms with E-state index in [0.29, 0.717) is 33.0 Å². The summed E-state index contributed by atoms with van der Waals surface area (Å²) in [6.07, 6.45) is 0. The molecule has 0 bridgehead atoms. The summed E-state index contributed by atoms with van der Waals surface area (Å²) in [7, 11) is 1.63. The summed E-state index contributed by atoms with van der Waals surface area (Å²) in [6.45, 7) is 2.75. The van der Waals surface area contributed by atoms with E-state index < -0.39 is 0 Å². The van der Waals surface area contributed by atoms with Gasteiger partial charge < -0.3 is 19.3 Å². The summed E-state index contributed by atoms with van der Waals surface area (Å²) >= 11 is 0. The topological polar surface area (TPSA) is 47.9 Å². The Hall–Kier alpha value is 1.10. The van der Waals surface area contributed by atoms with Gasteiger partial charge in [-0.05, 0) is 0 Å². The number of methoxy groups -OCH3 is 1. The van der Waals surface area contributed by atoms with E-state index in [9.17, 15) is 0 Å². The minimum atomic E-state index is 0. The Labute approximate surface area is 103 Å². The number of hydrogen-bond acceptors (Lipinski definition) is 4. The Morgan fingerprint density at radius 1 is 0.917 bits per heavy atom. The predicted molar refractivity (Wildman–Crippen MR) is 49.1 cm³/mol. The van der Waals surface area contributed by atoms with Crippen molar-refractivity contribution in [3.8, 4) is 0 Å². The summed E-state index contributed by atoms with van der Waals surface area (Å²) in [5.74, 6) is 0. The third-order valence-corrected chi connectivity index (χ3v) is 1.04. The Morgan fingerprint density at radius 3 is 1.92 bits per heavy atom. The van der Waals surface area contributed by atoms with Crippen molar-refractivity contribution in [1.82, 2.24) is 0 Å². The van der Waals surface area contributed by atoms with Crippen LogP contribution in [0.15, 0.2) is 0 Å². The van der Waals surface area contributed by atoms with Gasteiger partial charge in [-0.1, -0.05) is 0 Å². The zero-order chi connectivity index (χ0) is 8.36. The van der Waals surface area contributed by atoms with Crippen LogP contribution in [0.5, 0.6) is 0 Å². The Kier molecular flexibility index (Phi) is 19.0. The van der Waals surface area contributed by atoms with Gasteiger partial charge in [0, 0.05) is 7.11 Å². The van der Waals surface area contributed by atoms with E-state index in [1.54, 1.807) is 7.11 Å². The number of aliphatic hydroxyl groups is 1. The van der Waals surface area contributed by atoms with Gasteiger partial charge in [-0.25, -0.2) is 0 Å². The van der Waals surface area contributed by atoms with Gasteiger partial charge in [-0.2, -0.15) is 0 Å². The van der Waals surface area contributed by atoms with E-state index in [2.05, 4.69) is 0 Å². The summed E-state index contributed by atoms with van der Waals surface area (Å²) in [5.41, 5.74) is 0. The molecule has 0 aliphatic heterocycles. The van der Waals surface area contributed by atoms with Crippen LogP contribution in [-0.4, -0.2) is 89.6 Å². The zero-order valence-electron chi connectivity index (χ0n) is 6.91. The first-order valence-electron chi connectivity index (χ1n) is 3.67. The van der Waals surface area contributed by atoms with Crippen LogP contribution in [0.3, 0.4) is 0 Å². The van der Waals surface area contributed by atoms with Gasteiger partial charge in [0.2, 0.25) is 0 Å². The van der Waals surface area contributed by atoms with Crippen molar-refractivity contribution in [2.45, 2.75) is 0 Å². The van der Waals surface area contributed by atoms with Crippen LogP contribution in [0.4, 0.5) is 0 Å². The maximum atomic E-state index is 8.32. The first-order chi connectivity index (χ1) is 5.41. The van der Waals surface area contributed by atoms with E-state index in [4.69, 9.17) is 19.3 Å². The SMILES string of the molecule is COCCOCCOCCO.[CaH2]. The second-order valence-electron chi connectivity index (χ2n) is 1.94. The van der Waals surface area contributed by atoms with Gasteiger partial charge in [0.1, 0.15) is 0 Å². The standard InChI is InChI=1S/C7H16O4.Ca.2H/c1-9-4-5-11-7-6-10-3-2-8;;;/h8H,2-7H2,1H3;;;. The number of ether oxygens (including phenoxy) is 3.